The van der Waals surface area contributed by atoms with Gasteiger partial charge in [0.15, 0.2) is 6.10 Å². The molecular formula is C11H13FO3S. The van der Waals surface area contributed by atoms with Crippen molar-refractivity contribution in [3.63, 3.8) is 0 Å². The lowest BCUT2D eigenvalue weighted by Crippen LogP contribution is -2.26. The Hall–Kier alpha value is -1.07. The summed E-state index contributed by atoms with van der Waals surface area (Å²) in [5.74, 6) is -0.963. The van der Waals surface area contributed by atoms with Gasteiger partial charge in [-0.15, -0.1) is 11.8 Å². The average Bonchev–Trinajstić information content (AvgIpc) is 2.26. The summed E-state index contributed by atoms with van der Waals surface area (Å²) < 4.78 is 17.7. The molecule has 1 aromatic rings. The molecule has 88 valence electrons. The number of benzene rings is 1. The van der Waals surface area contributed by atoms with Crippen LogP contribution in [0.1, 0.15) is 6.92 Å². The predicted molar refractivity (Wildman–Crippen MR) is 60.2 cm³/mol. The lowest BCUT2D eigenvalue weighted by molar-refractivity contribution is -0.148. The lowest BCUT2D eigenvalue weighted by Gasteiger charge is -2.11. The third-order valence-electron chi connectivity index (χ3n) is 1.86. The topological polar surface area (TPSA) is 46.5 Å². The molecule has 0 saturated heterocycles. The zero-order chi connectivity index (χ0) is 12.0. The third kappa shape index (κ3) is 4.20. The van der Waals surface area contributed by atoms with Gasteiger partial charge in [-0.05, 0) is 31.2 Å². The number of thioether (sulfide) groups is 1. The maximum Gasteiger partial charge on any atom is 0.333 e. The number of hydrogen-bond acceptors (Lipinski definition) is 3. The number of aliphatic carboxylic acids is 1. The Morgan fingerprint density at radius 1 is 1.50 bits per heavy atom. The van der Waals surface area contributed by atoms with Gasteiger partial charge in [-0.3, -0.25) is 0 Å². The van der Waals surface area contributed by atoms with Crippen LogP contribution in [-0.2, 0) is 9.53 Å². The van der Waals surface area contributed by atoms with Crippen molar-refractivity contribution in [3.05, 3.63) is 30.1 Å². The van der Waals surface area contributed by atoms with E-state index in [0.29, 0.717) is 12.4 Å². The summed E-state index contributed by atoms with van der Waals surface area (Å²) in [5.41, 5.74) is 0. The van der Waals surface area contributed by atoms with E-state index >= 15 is 0 Å². The quantitative estimate of drug-likeness (QED) is 0.781. The summed E-state index contributed by atoms with van der Waals surface area (Å²) in [6, 6.07) is 5.92. The normalized spacial score (nSPS) is 12.4. The summed E-state index contributed by atoms with van der Waals surface area (Å²) in [4.78, 5) is 11.6. The molecule has 1 N–H and O–H groups in total. The van der Waals surface area contributed by atoms with Gasteiger partial charge in [0.25, 0.3) is 0 Å². The first kappa shape index (κ1) is 13.0. The molecule has 0 aliphatic carbocycles. The molecule has 0 heterocycles. The molecule has 0 radical (unpaired) electrons. The molecule has 0 bridgehead atoms. The minimum Gasteiger partial charge on any atom is -0.479 e. The SMILES string of the molecule is CCOC(CSc1ccc(F)cc1)C(=O)O. The highest BCUT2D eigenvalue weighted by molar-refractivity contribution is 7.99. The molecule has 1 aromatic carbocycles. The van der Waals surface area contributed by atoms with E-state index in [1.165, 1.54) is 23.9 Å². The number of carboxylic acid groups (broad SMARTS) is 1. The maximum absolute atomic E-state index is 12.6. The number of carboxylic acids is 1. The second-order valence-corrected chi connectivity index (χ2v) is 4.14. The first-order chi connectivity index (χ1) is 7.63. The Bertz CT molecular complexity index is 340. The van der Waals surface area contributed by atoms with Crippen LogP contribution < -0.4 is 0 Å². The molecule has 1 rings (SSSR count). The molecule has 5 heteroatoms. The Labute approximate surface area is 97.6 Å². The zero-order valence-electron chi connectivity index (χ0n) is 8.85. The standard InChI is InChI=1S/C11H13FO3S/c1-2-15-10(11(13)14)7-16-9-5-3-8(12)4-6-9/h3-6,10H,2,7H2,1H3,(H,13,14). The van der Waals surface area contributed by atoms with Gasteiger partial charge in [-0.2, -0.15) is 0 Å². The van der Waals surface area contributed by atoms with Crippen LogP contribution in [0.4, 0.5) is 4.39 Å². The van der Waals surface area contributed by atoms with E-state index in [0.717, 1.165) is 4.90 Å². The molecule has 0 amide bonds. The van der Waals surface area contributed by atoms with Crippen LogP contribution in [0.5, 0.6) is 0 Å². The highest BCUT2D eigenvalue weighted by atomic mass is 32.2. The Morgan fingerprint density at radius 2 is 2.12 bits per heavy atom. The largest absolute Gasteiger partial charge is 0.479 e. The zero-order valence-corrected chi connectivity index (χ0v) is 9.67. The minimum absolute atomic E-state index is 0.302. The van der Waals surface area contributed by atoms with E-state index < -0.39 is 12.1 Å². The molecule has 1 unspecified atom stereocenters. The van der Waals surface area contributed by atoms with E-state index in [1.807, 2.05) is 0 Å². The van der Waals surface area contributed by atoms with E-state index in [-0.39, 0.29) is 5.82 Å². The van der Waals surface area contributed by atoms with Crippen LogP contribution in [0.2, 0.25) is 0 Å². The second-order valence-electron chi connectivity index (χ2n) is 3.05. The number of hydrogen-bond donors (Lipinski definition) is 1. The average molecular weight is 244 g/mol. The molecule has 0 saturated carbocycles. The van der Waals surface area contributed by atoms with E-state index in [9.17, 15) is 9.18 Å². The van der Waals surface area contributed by atoms with Gasteiger partial charge in [0.05, 0.1) is 0 Å². The molecule has 0 fully saturated rings. The molecule has 16 heavy (non-hydrogen) atoms. The monoisotopic (exact) mass is 244 g/mol. The van der Waals surface area contributed by atoms with Crippen LogP contribution in [-0.4, -0.2) is 29.5 Å². The lowest BCUT2D eigenvalue weighted by atomic mass is 10.3. The fourth-order valence-electron chi connectivity index (χ4n) is 1.09. The Kier molecular flexibility index (Phi) is 5.28. The van der Waals surface area contributed by atoms with Gasteiger partial charge in [0, 0.05) is 17.3 Å². The summed E-state index contributed by atoms with van der Waals surface area (Å²) in [6.45, 7) is 2.11. The summed E-state index contributed by atoms with van der Waals surface area (Å²) in [7, 11) is 0. The molecule has 0 aromatic heterocycles. The maximum atomic E-state index is 12.6. The number of halogens is 1. The summed E-state index contributed by atoms with van der Waals surface area (Å²) in [5, 5.41) is 8.83. The smallest absolute Gasteiger partial charge is 0.333 e. The van der Waals surface area contributed by atoms with Gasteiger partial charge in [0.2, 0.25) is 0 Å². The number of ether oxygens (including phenoxy) is 1. The van der Waals surface area contributed by atoms with Gasteiger partial charge < -0.3 is 9.84 Å². The number of rotatable bonds is 6. The fraction of sp³-hybridized carbons (Fsp3) is 0.364. The fourth-order valence-corrected chi connectivity index (χ4v) is 2.01. The minimum atomic E-state index is -0.975. The molecule has 0 aliphatic rings. The van der Waals surface area contributed by atoms with E-state index in [4.69, 9.17) is 9.84 Å². The van der Waals surface area contributed by atoms with E-state index in [2.05, 4.69) is 0 Å². The molecule has 0 spiro atoms. The van der Waals surface area contributed by atoms with Gasteiger partial charge in [0.1, 0.15) is 5.82 Å². The van der Waals surface area contributed by atoms with Crippen LogP contribution >= 0.6 is 11.8 Å². The third-order valence-corrected chi connectivity index (χ3v) is 2.93. The van der Waals surface area contributed by atoms with Crippen LogP contribution in [0.15, 0.2) is 29.2 Å². The molecule has 3 nitrogen and oxygen atoms in total. The van der Waals surface area contributed by atoms with Crippen molar-refractivity contribution in [2.24, 2.45) is 0 Å². The molecular weight excluding hydrogens is 231 g/mol. The first-order valence-corrected chi connectivity index (χ1v) is 5.84. The van der Waals surface area contributed by atoms with Crippen LogP contribution in [0.25, 0.3) is 0 Å². The molecule has 0 aliphatic heterocycles. The van der Waals surface area contributed by atoms with Crippen molar-refractivity contribution in [2.75, 3.05) is 12.4 Å². The predicted octanol–water partition coefficient (Wildman–Crippen LogP) is 2.41. The van der Waals surface area contributed by atoms with Crippen LogP contribution in [0.3, 0.4) is 0 Å². The van der Waals surface area contributed by atoms with Crippen molar-refractivity contribution >= 4 is 17.7 Å². The Morgan fingerprint density at radius 3 is 2.62 bits per heavy atom. The van der Waals surface area contributed by atoms with Gasteiger partial charge in [-0.1, -0.05) is 0 Å². The first-order valence-electron chi connectivity index (χ1n) is 4.86. The second kappa shape index (κ2) is 6.50. The van der Waals surface area contributed by atoms with Crippen molar-refractivity contribution in [1.82, 2.24) is 0 Å². The Balaban J connectivity index is 2.48. The van der Waals surface area contributed by atoms with Gasteiger partial charge >= 0.3 is 5.97 Å². The van der Waals surface area contributed by atoms with Crippen molar-refractivity contribution in [2.45, 2.75) is 17.9 Å². The van der Waals surface area contributed by atoms with Crippen molar-refractivity contribution in [3.8, 4) is 0 Å². The van der Waals surface area contributed by atoms with Crippen molar-refractivity contribution in [1.29, 1.82) is 0 Å². The molecule has 1 atom stereocenters. The summed E-state index contributed by atoms with van der Waals surface area (Å²) in [6.07, 6.45) is -0.819. The van der Waals surface area contributed by atoms with Crippen molar-refractivity contribution < 1.29 is 19.0 Å². The highest BCUT2D eigenvalue weighted by Gasteiger charge is 2.17. The van der Waals surface area contributed by atoms with Crippen LogP contribution in [0, 0.1) is 5.82 Å². The summed E-state index contributed by atoms with van der Waals surface area (Å²) >= 11 is 1.33. The van der Waals surface area contributed by atoms with E-state index in [1.54, 1.807) is 19.1 Å². The van der Waals surface area contributed by atoms with Gasteiger partial charge in [-0.25, -0.2) is 9.18 Å². The highest BCUT2D eigenvalue weighted by Crippen LogP contribution is 2.19. The number of carbonyl (C=O) groups is 1.